The molecule has 0 saturated carbocycles. The second kappa shape index (κ2) is 2.02. The summed E-state index contributed by atoms with van der Waals surface area (Å²) in [5, 5.41) is 5.33. The minimum atomic E-state index is 0.938. The van der Waals surface area contributed by atoms with Gasteiger partial charge in [-0.2, -0.15) is 0 Å². The molecule has 2 N–H and O–H groups in total. The first kappa shape index (κ1) is 5.80. The first-order valence-corrected chi connectivity index (χ1v) is 3.52. The van der Waals surface area contributed by atoms with Gasteiger partial charge in [-0.15, -0.1) is 0 Å². The van der Waals surface area contributed by atoms with Gasteiger partial charge in [-0.25, -0.2) is 5.43 Å². The van der Waals surface area contributed by atoms with Crippen molar-refractivity contribution in [3.8, 4) is 0 Å². The van der Waals surface area contributed by atoms with E-state index in [-0.39, 0.29) is 0 Å². The summed E-state index contributed by atoms with van der Waals surface area (Å²) in [7, 11) is 0. The lowest BCUT2D eigenvalue weighted by Gasteiger charge is -2.27. The van der Waals surface area contributed by atoms with Gasteiger partial charge in [0.2, 0.25) is 0 Å². The monoisotopic (exact) mass is 137 g/mol. The maximum Gasteiger partial charge on any atom is 0.118 e. The third-order valence-electron chi connectivity index (χ3n) is 1.82. The number of hydrogen-bond acceptors (Lipinski definition) is 3. The summed E-state index contributed by atoms with van der Waals surface area (Å²) < 4.78 is 0. The van der Waals surface area contributed by atoms with E-state index in [4.69, 9.17) is 0 Å². The number of hydrogen-bond donors (Lipinski definition) is 2. The van der Waals surface area contributed by atoms with E-state index in [0.717, 1.165) is 13.1 Å². The molecule has 0 bridgehead atoms. The quantitative estimate of drug-likeness (QED) is 0.498. The highest BCUT2D eigenvalue weighted by atomic mass is 15.6. The lowest BCUT2D eigenvalue weighted by Crippen LogP contribution is -2.38. The van der Waals surface area contributed by atoms with Crippen LogP contribution in [0.2, 0.25) is 0 Å². The minimum Gasteiger partial charge on any atom is -0.367 e. The summed E-state index contributed by atoms with van der Waals surface area (Å²) in [5.74, 6) is 1.19. The molecule has 0 atom stereocenters. The number of rotatable bonds is 0. The Balaban J connectivity index is 2.28. The third-order valence-corrected chi connectivity index (χ3v) is 1.82. The molecule has 2 rings (SSSR count). The number of fused-ring (bicyclic) bond motifs is 1. The molecule has 3 nitrogen and oxygen atoms in total. The van der Waals surface area contributed by atoms with Gasteiger partial charge in [0.1, 0.15) is 5.82 Å². The number of allylic oxidation sites excluding steroid dienone is 1. The lowest BCUT2D eigenvalue weighted by molar-refractivity contribution is 0.322. The first-order chi connectivity index (χ1) is 4.88. The van der Waals surface area contributed by atoms with Crippen molar-refractivity contribution in [2.75, 3.05) is 13.1 Å². The predicted octanol–water partition coefficient (Wildman–Crippen LogP) is 0.155. The van der Waals surface area contributed by atoms with Crippen LogP contribution >= 0.6 is 0 Å². The van der Waals surface area contributed by atoms with E-state index < -0.39 is 0 Å². The highest BCUT2D eigenvalue weighted by Crippen LogP contribution is 2.14. The smallest absolute Gasteiger partial charge is 0.118 e. The van der Waals surface area contributed by atoms with Crippen molar-refractivity contribution < 1.29 is 0 Å². The molecule has 0 unspecified atom stereocenters. The van der Waals surface area contributed by atoms with Crippen molar-refractivity contribution in [2.24, 2.45) is 0 Å². The van der Waals surface area contributed by atoms with Crippen LogP contribution in [0.5, 0.6) is 0 Å². The standard InChI is InChI=1S/C7H11N3/c1-6-2-4-8-7-3-5-9-10(6)7/h2-3,8-9H,4-5H2,1H3. The molecule has 0 fully saturated rings. The van der Waals surface area contributed by atoms with Crippen LogP contribution in [-0.2, 0) is 0 Å². The Hall–Kier alpha value is -0.960. The number of nitrogens with zero attached hydrogens (tertiary/aromatic N) is 1. The van der Waals surface area contributed by atoms with Crippen molar-refractivity contribution in [1.82, 2.24) is 15.8 Å². The molecule has 0 radical (unpaired) electrons. The van der Waals surface area contributed by atoms with Gasteiger partial charge < -0.3 is 5.32 Å². The Labute approximate surface area is 60.4 Å². The topological polar surface area (TPSA) is 27.3 Å². The summed E-state index contributed by atoms with van der Waals surface area (Å²) in [4.78, 5) is 0. The Bertz CT molecular complexity index is 205. The van der Waals surface area contributed by atoms with Crippen molar-refractivity contribution in [3.05, 3.63) is 23.7 Å². The average Bonchev–Trinajstić information content (AvgIpc) is 2.36. The van der Waals surface area contributed by atoms with Crippen molar-refractivity contribution in [2.45, 2.75) is 6.92 Å². The Kier molecular flexibility index (Phi) is 1.17. The van der Waals surface area contributed by atoms with Crippen LogP contribution in [0.1, 0.15) is 6.92 Å². The molecule has 0 saturated heterocycles. The highest BCUT2D eigenvalue weighted by molar-refractivity contribution is 5.18. The van der Waals surface area contributed by atoms with Gasteiger partial charge in [0, 0.05) is 18.8 Å². The van der Waals surface area contributed by atoms with Crippen LogP contribution in [-0.4, -0.2) is 18.1 Å². The zero-order chi connectivity index (χ0) is 6.97. The van der Waals surface area contributed by atoms with Crippen molar-refractivity contribution in [3.63, 3.8) is 0 Å². The predicted molar refractivity (Wildman–Crippen MR) is 39.7 cm³/mol. The fraction of sp³-hybridized carbons (Fsp3) is 0.429. The van der Waals surface area contributed by atoms with Gasteiger partial charge in [-0.1, -0.05) is 0 Å². The van der Waals surface area contributed by atoms with E-state index in [0.29, 0.717) is 0 Å². The highest BCUT2D eigenvalue weighted by Gasteiger charge is 2.17. The molecule has 3 heteroatoms. The molecule has 54 valence electrons. The van der Waals surface area contributed by atoms with E-state index in [1.165, 1.54) is 11.5 Å². The van der Waals surface area contributed by atoms with Crippen LogP contribution in [0.3, 0.4) is 0 Å². The Morgan fingerprint density at radius 3 is 3.10 bits per heavy atom. The maximum absolute atomic E-state index is 3.26. The van der Waals surface area contributed by atoms with Crippen LogP contribution in [0.4, 0.5) is 0 Å². The molecule has 0 aromatic heterocycles. The zero-order valence-electron chi connectivity index (χ0n) is 6.02. The second-order valence-corrected chi connectivity index (χ2v) is 2.51. The summed E-state index contributed by atoms with van der Waals surface area (Å²) in [6, 6.07) is 0. The molecular formula is C7H11N3. The zero-order valence-corrected chi connectivity index (χ0v) is 6.02. The van der Waals surface area contributed by atoms with Gasteiger partial charge in [0.25, 0.3) is 0 Å². The van der Waals surface area contributed by atoms with E-state index in [1.807, 2.05) is 0 Å². The fourth-order valence-electron chi connectivity index (χ4n) is 1.27. The van der Waals surface area contributed by atoms with Gasteiger partial charge >= 0.3 is 0 Å². The van der Waals surface area contributed by atoms with Crippen LogP contribution in [0.25, 0.3) is 0 Å². The summed E-state index contributed by atoms with van der Waals surface area (Å²) in [5.41, 5.74) is 4.50. The maximum atomic E-state index is 3.26. The van der Waals surface area contributed by atoms with E-state index >= 15 is 0 Å². The molecule has 10 heavy (non-hydrogen) atoms. The molecule has 0 aliphatic carbocycles. The fourth-order valence-corrected chi connectivity index (χ4v) is 1.27. The molecule has 0 spiro atoms. The summed E-state index contributed by atoms with van der Waals surface area (Å²) >= 11 is 0. The number of hydrazine groups is 1. The van der Waals surface area contributed by atoms with E-state index in [9.17, 15) is 0 Å². The molecule has 2 aliphatic rings. The largest absolute Gasteiger partial charge is 0.367 e. The molecular weight excluding hydrogens is 126 g/mol. The lowest BCUT2D eigenvalue weighted by atomic mass is 10.3. The first-order valence-electron chi connectivity index (χ1n) is 3.52. The number of nitrogens with one attached hydrogen (secondary N) is 2. The second-order valence-electron chi connectivity index (χ2n) is 2.51. The Morgan fingerprint density at radius 2 is 2.30 bits per heavy atom. The van der Waals surface area contributed by atoms with Gasteiger partial charge in [-0.3, -0.25) is 5.01 Å². The van der Waals surface area contributed by atoms with Crippen molar-refractivity contribution >= 4 is 0 Å². The van der Waals surface area contributed by atoms with E-state index in [2.05, 4.69) is 34.8 Å². The molecule has 2 heterocycles. The van der Waals surface area contributed by atoms with Gasteiger partial charge in [0.05, 0.1) is 0 Å². The Morgan fingerprint density at radius 1 is 1.40 bits per heavy atom. The SMILES string of the molecule is CC1=CCNC2=CCNN12. The molecule has 0 aromatic carbocycles. The van der Waals surface area contributed by atoms with Crippen LogP contribution in [0, 0.1) is 0 Å². The summed E-state index contributed by atoms with van der Waals surface area (Å²) in [6.07, 6.45) is 4.31. The van der Waals surface area contributed by atoms with Crippen molar-refractivity contribution in [1.29, 1.82) is 0 Å². The van der Waals surface area contributed by atoms with Gasteiger partial charge in [-0.05, 0) is 19.1 Å². The third kappa shape index (κ3) is 0.708. The average molecular weight is 137 g/mol. The molecule has 0 aromatic rings. The van der Waals surface area contributed by atoms with E-state index in [1.54, 1.807) is 0 Å². The molecule has 0 amide bonds. The van der Waals surface area contributed by atoms with Crippen LogP contribution in [0.15, 0.2) is 23.7 Å². The van der Waals surface area contributed by atoms with Gasteiger partial charge in [0.15, 0.2) is 0 Å². The van der Waals surface area contributed by atoms with Crippen LogP contribution < -0.4 is 10.7 Å². The normalized spacial score (nSPS) is 23.1. The summed E-state index contributed by atoms with van der Waals surface area (Å²) in [6.45, 7) is 4.00. The molecule has 2 aliphatic heterocycles. The minimum absolute atomic E-state index is 0.938.